The summed E-state index contributed by atoms with van der Waals surface area (Å²) >= 11 is 0. The van der Waals surface area contributed by atoms with Crippen LogP contribution in [0.5, 0.6) is 0 Å². The number of fused-ring (bicyclic) bond motifs is 1. The Balaban J connectivity index is 3.07. The van der Waals surface area contributed by atoms with Gasteiger partial charge in [-0.25, -0.2) is 18.5 Å². The molecule has 0 aliphatic heterocycles. The van der Waals surface area contributed by atoms with Crippen molar-refractivity contribution in [1.82, 2.24) is 13.7 Å². The predicted molar refractivity (Wildman–Crippen MR) is 60.7 cm³/mol. The van der Waals surface area contributed by atoms with Crippen molar-refractivity contribution in [2.75, 3.05) is 6.61 Å². The summed E-state index contributed by atoms with van der Waals surface area (Å²) in [6, 6.07) is 0. The minimum absolute atomic E-state index is 0.151. The molecule has 0 aliphatic carbocycles. The minimum atomic E-state index is -0.418. The maximum atomic E-state index is 12.0. The molecular weight excluding hydrogens is 224 g/mol. The van der Waals surface area contributed by atoms with Gasteiger partial charge in [0.25, 0.3) is 5.65 Å². The van der Waals surface area contributed by atoms with Gasteiger partial charge in [-0.15, -0.1) is 0 Å². The molecule has 0 bridgehead atoms. The van der Waals surface area contributed by atoms with E-state index in [1.54, 1.807) is 29.6 Å². The molecule has 7 nitrogen and oxygen atoms in total. The highest BCUT2D eigenvalue weighted by Gasteiger charge is 2.22. The Labute approximate surface area is 96.8 Å². The summed E-state index contributed by atoms with van der Waals surface area (Å²) in [4.78, 5) is 23.9. The Morgan fingerprint density at radius 2 is 2.00 bits per heavy atom. The first kappa shape index (κ1) is 11.6. The molecule has 0 spiro atoms. The minimum Gasteiger partial charge on any atom is -0.393 e. The molecule has 0 amide bonds. The first-order chi connectivity index (χ1) is 7.99. The van der Waals surface area contributed by atoms with Gasteiger partial charge in [-0.3, -0.25) is 9.36 Å². The third-order valence-electron chi connectivity index (χ3n) is 2.85. The number of hydrogen-bond acceptors (Lipinski definition) is 3. The van der Waals surface area contributed by atoms with Gasteiger partial charge in [-0.05, 0) is 0 Å². The van der Waals surface area contributed by atoms with Crippen LogP contribution in [0.2, 0.25) is 0 Å². The van der Waals surface area contributed by atoms with Crippen LogP contribution in [-0.2, 0) is 27.7 Å². The quantitative estimate of drug-likeness (QED) is 0.608. The van der Waals surface area contributed by atoms with Gasteiger partial charge in [-0.1, -0.05) is 0 Å². The van der Waals surface area contributed by atoms with Gasteiger partial charge in [0.2, 0.25) is 5.52 Å². The SMILES string of the molecule is Cn1c(=O)c2c(n(CCO)c1=O)[n+](C)cn2C. The van der Waals surface area contributed by atoms with Crippen LogP contribution < -0.4 is 15.8 Å². The summed E-state index contributed by atoms with van der Waals surface area (Å²) in [7, 11) is 4.94. The maximum absolute atomic E-state index is 12.0. The van der Waals surface area contributed by atoms with E-state index in [2.05, 4.69) is 0 Å². The molecule has 92 valence electrons. The molecule has 0 aromatic carbocycles. The van der Waals surface area contributed by atoms with E-state index in [1.165, 1.54) is 11.6 Å². The predicted octanol–water partition coefficient (Wildman–Crippen LogP) is -2.14. The molecule has 0 aliphatic rings. The van der Waals surface area contributed by atoms with E-state index in [4.69, 9.17) is 5.11 Å². The van der Waals surface area contributed by atoms with Gasteiger partial charge in [0.15, 0.2) is 6.33 Å². The van der Waals surface area contributed by atoms with Crippen molar-refractivity contribution in [2.24, 2.45) is 21.1 Å². The summed E-state index contributed by atoms with van der Waals surface area (Å²) in [5.74, 6) is 0. The largest absolute Gasteiger partial charge is 0.393 e. The lowest BCUT2D eigenvalue weighted by molar-refractivity contribution is -0.648. The zero-order valence-corrected chi connectivity index (χ0v) is 10.0. The average Bonchev–Trinajstić information content (AvgIpc) is 2.57. The molecule has 2 aromatic rings. The fourth-order valence-electron chi connectivity index (χ4n) is 2.08. The molecule has 0 atom stereocenters. The Hall–Kier alpha value is -1.89. The fraction of sp³-hybridized carbons (Fsp3) is 0.500. The summed E-state index contributed by atoms with van der Waals surface area (Å²) in [5, 5.41) is 9.00. The van der Waals surface area contributed by atoms with Crippen molar-refractivity contribution in [3.63, 3.8) is 0 Å². The average molecular weight is 239 g/mol. The van der Waals surface area contributed by atoms with Crippen LogP contribution in [0.15, 0.2) is 15.9 Å². The van der Waals surface area contributed by atoms with Crippen LogP contribution in [0.4, 0.5) is 0 Å². The zero-order valence-electron chi connectivity index (χ0n) is 10.0. The molecule has 0 saturated carbocycles. The second kappa shape index (κ2) is 3.85. The van der Waals surface area contributed by atoms with E-state index in [0.717, 1.165) is 4.57 Å². The Bertz CT molecular complexity index is 692. The van der Waals surface area contributed by atoms with Crippen molar-refractivity contribution in [2.45, 2.75) is 6.54 Å². The third-order valence-corrected chi connectivity index (χ3v) is 2.85. The Morgan fingerprint density at radius 1 is 1.35 bits per heavy atom. The van der Waals surface area contributed by atoms with Crippen molar-refractivity contribution in [1.29, 1.82) is 0 Å². The molecule has 0 saturated heterocycles. The van der Waals surface area contributed by atoms with Gasteiger partial charge in [-0.2, -0.15) is 0 Å². The highest BCUT2D eigenvalue weighted by molar-refractivity contribution is 5.66. The van der Waals surface area contributed by atoms with Gasteiger partial charge in [0, 0.05) is 7.05 Å². The Morgan fingerprint density at radius 3 is 2.59 bits per heavy atom. The highest BCUT2D eigenvalue weighted by Crippen LogP contribution is 2.01. The number of aromatic nitrogens is 4. The highest BCUT2D eigenvalue weighted by atomic mass is 16.3. The van der Waals surface area contributed by atoms with Crippen molar-refractivity contribution >= 4 is 11.2 Å². The fourth-order valence-corrected chi connectivity index (χ4v) is 2.08. The molecule has 0 radical (unpaired) electrons. The van der Waals surface area contributed by atoms with Gasteiger partial charge >= 0.3 is 11.2 Å². The molecule has 2 heterocycles. The van der Waals surface area contributed by atoms with Crippen LogP contribution in [0.3, 0.4) is 0 Å². The zero-order chi connectivity index (χ0) is 12.7. The monoisotopic (exact) mass is 239 g/mol. The smallest absolute Gasteiger partial charge is 0.389 e. The molecular formula is C10H15N4O3+. The van der Waals surface area contributed by atoms with Crippen LogP contribution >= 0.6 is 0 Å². The van der Waals surface area contributed by atoms with E-state index in [9.17, 15) is 9.59 Å². The summed E-state index contributed by atoms with van der Waals surface area (Å²) in [6.07, 6.45) is 1.72. The van der Waals surface area contributed by atoms with Crippen molar-refractivity contribution < 1.29 is 9.67 Å². The normalized spacial score (nSPS) is 11.3. The molecule has 2 aromatic heterocycles. The first-order valence-electron chi connectivity index (χ1n) is 5.24. The van der Waals surface area contributed by atoms with Gasteiger partial charge in [0.05, 0.1) is 27.2 Å². The van der Waals surface area contributed by atoms with E-state index in [1.807, 2.05) is 0 Å². The first-order valence-corrected chi connectivity index (χ1v) is 5.24. The lowest BCUT2D eigenvalue weighted by Crippen LogP contribution is -2.42. The summed E-state index contributed by atoms with van der Waals surface area (Å²) < 4.78 is 5.83. The number of aliphatic hydroxyl groups is 1. The summed E-state index contributed by atoms with van der Waals surface area (Å²) in [6.45, 7) is 0.0173. The van der Waals surface area contributed by atoms with E-state index in [0.29, 0.717) is 11.2 Å². The lowest BCUT2D eigenvalue weighted by Gasteiger charge is -2.03. The van der Waals surface area contributed by atoms with E-state index >= 15 is 0 Å². The number of nitrogens with zero attached hydrogens (tertiary/aromatic N) is 4. The van der Waals surface area contributed by atoms with Crippen LogP contribution in [0.1, 0.15) is 0 Å². The van der Waals surface area contributed by atoms with Crippen molar-refractivity contribution in [3.05, 3.63) is 27.2 Å². The molecule has 7 heteroatoms. The second-order valence-corrected chi connectivity index (χ2v) is 4.03. The topological polar surface area (TPSA) is 73.0 Å². The molecule has 0 fully saturated rings. The van der Waals surface area contributed by atoms with Crippen LogP contribution in [0.25, 0.3) is 11.2 Å². The van der Waals surface area contributed by atoms with E-state index < -0.39 is 5.69 Å². The summed E-state index contributed by atoms with van der Waals surface area (Å²) in [5.41, 5.74) is 0.221. The number of aryl methyl sites for hydroxylation is 2. The third kappa shape index (κ3) is 1.50. The second-order valence-electron chi connectivity index (χ2n) is 4.03. The maximum Gasteiger partial charge on any atom is 0.389 e. The molecule has 0 unspecified atom stereocenters. The van der Waals surface area contributed by atoms with Gasteiger partial charge in [0.1, 0.15) is 0 Å². The standard InChI is InChI=1S/C10H15N4O3/c1-11-6-12(2)8-7(11)9(16)13(3)10(17)14(8)4-5-15/h6,15H,4-5H2,1-3H3/q+1. The lowest BCUT2D eigenvalue weighted by atomic mass is 10.5. The van der Waals surface area contributed by atoms with Crippen LogP contribution in [-0.4, -0.2) is 25.4 Å². The van der Waals surface area contributed by atoms with E-state index in [-0.39, 0.29) is 18.7 Å². The number of rotatable bonds is 2. The Kier molecular flexibility index (Phi) is 2.62. The number of imidazole rings is 1. The molecule has 1 N–H and O–H groups in total. The molecule has 17 heavy (non-hydrogen) atoms. The van der Waals surface area contributed by atoms with Crippen LogP contribution in [0, 0.1) is 0 Å². The van der Waals surface area contributed by atoms with Gasteiger partial charge < -0.3 is 5.11 Å². The number of aliphatic hydroxyl groups excluding tert-OH is 1. The number of hydrogen-bond donors (Lipinski definition) is 1. The van der Waals surface area contributed by atoms with Crippen molar-refractivity contribution in [3.8, 4) is 0 Å². The molecule has 2 rings (SSSR count).